The number of anilines is 1. The Kier molecular flexibility index (Phi) is 6.97. The van der Waals surface area contributed by atoms with Crippen molar-refractivity contribution in [3.05, 3.63) is 87.9 Å². The SMILES string of the molecule is O=C(Nc1ccc(C2OC(=O)N(Cc3cccc(F)c3)C2C(=O)N2CCOCC2)cc1)c1cccs1. The first-order valence-corrected chi connectivity index (χ1v) is 12.4. The predicted octanol–water partition coefficient (Wildman–Crippen LogP) is 4.06. The van der Waals surface area contributed by atoms with E-state index < -0.39 is 24.1 Å². The third kappa shape index (κ3) is 5.09. The number of thiophene rings is 1. The first-order chi connectivity index (χ1) is 17.5. The molecular formula is C26H24FN3O5S. The highest BCUT2D eigenvalue weighted by atomic mass is 32.1. The van der Waals surface area contributed by atoms with Crippen molar-refractivity contribution < 1.29 is 28.2 Å². The first-order valence-electron chi connectivity index (χ1n) is 11.5. The van der Waals surface area contributed by atoms with Gasteiger partial charge < -0.3 is 19.7 Å². The van der Waals surface area contributed by atoms with Gasteiger partial charge in [-0.3, -0.25) is 14.5 Å². The number of amides is 3. The average Bonchev–Trinajstić information content (AvgIpc) is 3.54. The number of nitrogens with zero attached hydrogens (tertiary/aromatic N) is 2. The summed E-state index contributed by atoms with van der Waals surface area (Å²) in [5.74, 6) is -0.889. The molecule has 2 unspecified atom stereocenters. The summed E-state index contributed by atoms with van der Waals surface area (Å²) in [6.45, 7) is 1.69. The summed E-state index contributed by atoms with van der Waals surface area (Å²) in [7, 11) is 0. The summed E-state index contributed by atoms with van der Waals surface area (Å²) in [5, 5.41) is 4.66. The third-order valence-electron chi connectivity index (χ3n) is 6.14. The summed E-state index contributed by atoms with van der Waals surface area (Å²) in [6.07, 6.45) is -1.51. The molecule has 0 bridgehead atoms. The second kappa shape index (κ2) is 10.5. The van der Waals surface area contributed by atoms with Gasteiger partial charge in [0, 0.05) is 18.8 Å². The van der Waals surface area contributed by atoms with E-state index in [1.54, 1.807) is 53.4 Å². The molecule has 5 rings (SSSR count). The van der Waals surface area contributed by atoms with Crippen LogP contribution >= 0.6 is 11.3 Å². The molecule has 8 nitrogen and oxygen atoms in total. The number of carbonyl (C=O) groups excluding carboxylic acids is 3. The molecule has 3 heterocycles. The first kappa shape index (κ1) is 24.0. The van der Waals surface area contributed by atoms with Crippen LogP contribution in [0, 0.1) is 5.82 Å². The minimum Gasteiger partial charge on any atom is -0.438 e. The molecule has 1 aromatic heterocycles. The number of ether oxygens (including phenoxy) is 2. The van der Waals surface area contributed by atoms with Crippen LogP contribution in [0.25, 0.3) is 0 Å². The number of halogens is 1. The van der Waals surface area contributed by atoms with Gasteiger partial charge in [-0.25, -0.2) is 9.18 Å². The van der Waals surface area contributed by atoms with Gasteiger partial charge in [-0.05, 0) is 46.8 Å². The van der Waals surface area contributed by atoms with E-state index in [1.165, 1.54) is 28.4 Å². The minimum atomic E-state index is -0.926. The summed E-state index contributed by atoms with van der Waals surface area (Å²) in [6, 6.07) is 15.4. The van der Waals surface area contributed by atoms with Gasteiger partial charge in [0.1, 0.15) is 5.82 Å². The molecule has 2 fully saturated rings. The Morgan fingerprint density at radius 1 is 1.06 bits per heavy atom. The zero-order chi connectivity index (χ0) is 25.1. The van der Waals surface area contributed by atoms with E-state index in [4.69, 9.17) is 9.47 Å². The topological polar surface area (TPSA) is 88.2 Å². The van der Waals surface area contributed by atoms with Crippen molar-refractivity contribution in [2.45, 2.75) is 18.7 Å². The van der Waals surface area contributed by atoms with E-state index >= 15 is 0 Å². The Morgan fingerprint density at radius 3 is 2.53 bits per heavy atom. The fourth-order valence-corrected chi connectivity index (χ4v) is 4.97. The van der Waals surface area contributed by atoms with E-state index in [2.05, 4.69) is 5.32 Å². The predicted molar refractivity (Wildman–Crippen MR) is 131 cm³/mol. The largest absolute Gasteiger partial charge is 0.438 e. The molecule has 2 saturated heterocycles. The Bertz CT molecular complexity index is 1240. The van der Waals surface area contributed by atoms with Crippen molar-refractivity contribution in [1.82, 2.24) is 9.80 Å². The van der Waals surface area contributed by atoms with Gasteiger partial charge in [0.15, 0.2) is 12.1 Å². The van der Waals surface area contributed by atoms with Gasteiger partial charge in [-0.15, -0.1) is 11.3 Å². The lowest BCUT2D eigenvalue weighted by Crippen LogP contribution is -2.51. The van der Waals surface area contributed by atoms with Crippen molar-refractivity contribution in [2.24, 2.45) is 0 Å². The van der Waals surface area contributed by atoms with E-state index in [0.717, 1.165) is 0 Å². The number of hydrogen-bond donors (Lipinski definition) is 1. The van der Waals surface area contributed by atoms with Gasteiger partial charge in [0.25, 0.3) is 5.91 Å². The second-order valence-corrected chi connectivity index (χ2v) is 9.45. The van der Waals surface area contributed by atoms with Gasteiger partial charge >= 0.3 is 6.09 Å². The lowest BCUT2D eigenvalue weighted by molar-refractivity contribution is -0.141. The molecule has 2 aliphatic rings. The third-order valence-corrected chi connectivity index (χ3v) is 7.01. The Hall–Kier alpha value is -3.76. The Morgan fingerprint density at radius 2 is 1.83 bits per heavy atom. The summed E-state index contributed by atoms with van der Waals surface area (Å²) in [4.78, 5) is 42.5. The average molecular weight is 510 g/mol. The highest BCUT2D eigenvalue weighted by Gasteiger charge is 2.48. The van der Waals surface area contributed by atoms with Gasteiger partial charge in [-0.2, -0.15) is 0 Å². The summed E-state index contributed by atoms with van der Waals surface area (Å²) in [5.41, 5.74) is 1.75. The quantitative estimate of drug-likeness (QED) is 0.542. The number of cyclic esters (lactones) is 1. The molecule has 1 N–H and O–H groups in total. The zero-order valence-corrected chi connectivity index (χ0v) is 20.1. The number of carbonyl (C=O) groups is 3. The molecule has 0 radical (unpaired) electrons. The lowest BCUT2D eigenvalue weighted by atomic mass is 9.99. The molecule has 3 aromatic rings. The van der Waals surface area contributed by atoms with Crippen molar-refractivity contribution >= 4 is 34.9 Å². The van der Waals surface area contributed by atoms with Crippen molar-refractivity contribution in [3.63, 3.8) is 0 Å². The van der Waals surface area contributed by atoms with Crippen molar-refractivity contribution in [1.29, 1.82) is 0 Å². The van der Waals surface area contributed by atoms with E-state index in [9.17, 15) is 18.8 Å². The lowest BCUT2D eigenvalue weighted by Gasteiger charge is -2.32. The maximum absolute atomic E-state index is 13.8. The van der Waals surface area contributed by atoms with Crippen LogP contribution < -0.4 is 5.32 Å². The van der Waals surface area contributed by atoms with Crippen LogP contribution in [0.5, 0.6) is 0 Å². The molecule has 186 valence electrons. The van der Waals surface area contributed by atoms with Crippen LogP contribution in [0.3, 0.4) is 0 Å². The molecule has 0 aliphatic carbocycles. The number of morpholine rings is 1. The number of rotatable bonds is 6. The maximum Gasteiger partial charge on any atom is 0.411 e. The van der Waals surface area contributed by atoms with Gasteiger partial charge in [0.05, 0.1) is 24.6 Å². The second-order valence-electron chi connectivity index (χ2n) is 8.50. The Balaban J connectivity index is 1.40. The van der Waals surface area contributed by atoms with Crippen LogP contribution in [-0.4, -0.2) is 60.1 Å². The summed E-state index contributed by atoms with van der Waals surface area (Å²) >= 11 is 1.34. The molecular weight excluding hydrogens is 485 g/mol. The van der Waals surface area contributed by atoms with Gasteiger partial charge in [-0.1, -0.05) is 30.3 Å². The van der Waals surface area contributed by atoms with Crippen LogP contribution in [0.4, 0.5) is 14.9 Å². The van der Waals surface area contributed by atoms with E-state index in [0.29, 0.717) is 48.0 Å². The number of benzene rings is 2. The minimum absolute atomic E-state index is 0.0306. The molecule has 2 aliphatic heterocycles. The fourth-order valence-electron chi connectivity index (χ4n) is 4.35. The smallest absolute Gasteiger partial charge is 0.411 e. The molecule has 0 spiro atoms. The zero-order valence-electron chi connectivity index (χ0n) is 19.3. The number of nitrogens with one attached hydrogen (secondary N) is 1. The molecule has 0 saturated carbocycles. The fraction of sp³-hybridized carbons (Fsp3) is 0.269. The van der Waals surface area contributed by atoms with Crippen LogP contribution in [0.15, 0.2) is 66.0 Å². The van der Waals surface area contributed by atoms with Crippen LogP contribution in [0.2, 0.25) is 0 Å². The van der Waals surface area contributed by atoms with Crippen LogP contribution in [-0.2, 0) is 20.8 Å². The summed E-state index contributed by atoms with van der Waals surface area (Å²) < 4.78 is 24.9. The van der Waals surface area contributed by atoms with Gasteiger partial charge in [0.2, 0.25) is 5.91 Å². The molecule has 10 heteroatoms. The van der Waals surface area contributed by atoms with Crippen molar-refractivity contribution in [3.8, 4) is 0 Å². The molecule has 2 atom stereocenters. The highest BCUT2D eigenvalue weighted by Crippen LogP contribution is 2.35. The van der Waals surface area contributed by atoms with Crippen LogP contribution in [0.1, 0.15) is 26.9 Å². The highest BCUT2D eigenvalue weighted by molar-refractivity contribution is 7.12. The Labute approximate surface area is 211 Å². The van der Waals surface area contributed by atoms with E-state index in [-0.39, 0.29) is 18.4 Å². The normalized spacial score (nSPS) is 19.8. The van der Waals surface area contributed by atoms with E-state index in [1.807, 2.05) is 5.38 Å². The standard InChI is InChI=1S/C26H24FN3O5S/c27-19-4-1-3-17(15-19)16-30-22(25(32)29-10-12-34-13-11-29)23(35-26(30)33)18-6-8-20(9-7-18)28-24(31)21-5-2-14-36-21/h1-9,14-15,22-23H,10-13,16H2,(H,28,31). The molecule has 36 heavy (non-hydrogen) atoms. The monoisotopic (exact) mass is 509 g/mol. The maximum atomic E-state index is 13.8. The van der Waals surface area contributed by atoms with Crippen molar-refractivity contribution in [2.75, 3.05) is 31.6 Å². The number of hydrogen-bond acceptors (Lipinski definition) is 6. The molecule has 3 amide bonds. The molecule has 2 aromatic carbocycles.